The summed E-state index contributed by atoms with van der Waals surface area (Å²) in [6, 6.07) is 18.6. The molecule has 1 amide bonds. The molecule has 0 aromatic heterocycles. The van der Waals surface area contributed by atoms with E-state index >= 15 is 0 Å². The SMILES string of the molecule is Cc1c(CN2CCN(C(=O)OCC3c4ccccc4-c4ccccc43)CC2)cc(B(O)O)c(C)c1C#C[Si](C)(C)C. The number of hydrogen-bond acceptors (Lipinski definition) is 5. The summed E-state index contributed by atoms with van der Waals surface area (Å²) in [5.41, 5.74) is 12.6. The molecule has 1 saturated heterocycles. The van der Waals surface area contributed by atoms with Crippen LogP contribution in [0, 0.1) is 25.3 Å². The highest BCUT2D eigenvalue weighted by Crippen LogP contribution is 2.44. The molecule has 3 aromatic rings. The van der Waals surface area contributed by atoms with Gasteiger partial charge in [-0.25, -0.2) is 4.79 Å². The van der Waals surface area contributed by atoms with Crippen LogP contribution >= 0.6 is 0 Å². The highest BCUT2D eigenvalue weighted by Gasteiger charge is 2.30. The Labute approximate surface area is 245 Å². The predicted octanol–water partition coefficient (Wildman–Crippen LogP) is 4.28. The van der Waals surface area contributed by atoms with E-state index in [9.17, 15) is 14.8 Å². The third kappa shape index (κ3) is 6.29. The number of ether oxygens (including phenoxy) is 1. The lowest BCUT2D eigenvalue weighted by Crippen LogP contribution is -2.48. The summed E-state index contributed by atoms with van der Waals surface area (Å²) in [4.78, 5) is 17.2. The van der Waals surface area contributed by atoms with Crippen LogP contribution in [0.1, 0.15) is 39.3 Å². The predicted molar refractivity (Wildman–Crippen MR) is 168 cm³/mol. The van der Waals surface area contributed by atoms with Crippen molar-refractivity contribution in [2.75, 3.05) is 32.8 Å². The maximum atomic E-state index is 13.1. The summed E-state index contributed by atoms with van der Waals surface area (Å²) < 4.78 is 5.88. The first kappa shape index (κ1) is 29.2. The van der Waals surface area contributed by atoms with Gasteiger partial charge in [-0.3, -0.25) is 4.90 Å². The largest absolute Gasteiger partial charge is 0.488 e. The first-order chi connectivity index (χ1) is 19.5. The van der Waals surface area contributed by atoms with Crippen LogP contribution in [0.3, 0.4) is 0 Å². The fourth-order valence-electron chi connectivity index (χ4n) is 5.88. The summed E-state index contributed by atoms with van der Waals surface area (Å²) in [5.74, 6) is 3.41. The van der Waals surface area contributed by atoms with Crippen LogP contribution in [0.25, 0.3) is 11.1 Å². The number of benzene rings is 3. The maximum Gasteiger partial charge on any atom is 0.488 e. The molecule has 0 bridgehead atoms. The van der Waals surface area contributed by atoms with Crippen LogP contribution in [-0.4, -0.2) is 73.9 Å². The van der Waals surface area contributed by atoms with E-state index < -0.39 is 15.2 Å². The zero-order chi connectivity index (χ0) is 29.3. The molecular formula is C33H39BN2O4Si. The highest BCUT2D eigenvalue weighted by atomic mass is 28.3. The van der Waals surface area contributed by atoms with Gasteiger partial charge in [0.25, 0.3) is 0 Å². The van der Waals surface area contributed by atoms with Gasteiger partial charge in [-0.05, 0) is 58.3 Å². The number of carbonyl (C=O) groups is 1. The van der Waals surface area contributed by atoms with Gasteiger partial charge in [-0.2, -0.15) is 0 Å². The number of rotatable bonds is 5. The quantitative estimate of drug-likeness (QED) is 0.357. The van der Waals surface area contributed by atoms with Gasteiger partial charge in [0.15, 0.2) is 0 Å². The summed E-state index contributed by atoms with van der Waals surface area (Å²) in [6.45, 7) is 14.2. The molecule has 1 fully saturated rings. The molecule has 41 heavy (non-hydrogen) atoms. The first-order valence-electron chi connectivity index (χ1n) is 14.4. The van der Waals surface area contributed by atoms with Crippen LogP contribution < -0.4 is 5.46 Å². The Morgan fingerprint density at radius 1 is 0.951 bits per heavy atom. The van der Waals surface area contributed by atoms with Crippen LogP contribution in [0.15, 0.2) is 54.6 Å². The van der Waals surface area contributed by atoms with Crippen molar-refractivity contribution < 1.29 is 19.6 Å². The first-order valence-corrected chi connectivity index (χ1v) is 17.9. The Morgan fingerprint density at radius 2 is 1.54 bits per heavy atom. The minimum absolute atomic E-state index is 0.0477. The van der Waals surface area contributed by atoms with Crippen molar-refractivity contribution in [3.8, 4) is 22.6 Å². The minimum Gasteiger partial charge on any atom is -0.448 e. The number of amides is 1. The van der Waals surface area contributed by atoms with Crippen molar-refractivity contribution in [2.24, 2.45) is 0 Å². The van der Waals surface area contributed by atoms with Gasteiger partial charge in [-0.15, -0.1) is 5.54 Å². The Bertz CT molecular complexity index is 1470. The van der Waals surface area contributed by atoms with Gasteiger partial charge in [0.1, 0.15) is 14.7 Å². The Kier molecular flexibility index (Phi) is 8.44. The van der Waals surface area contributed by atoms with Gasteiger partial charge < -0.3 is 19.7 Å². The molecule has 5 rings (SSSR count). The lowest BCUT2D eigenvalue weighted by molar-refractivity contribution is 0.0728. The molecule has 0 saturated carbocycles. The molecular weight excluding hydrogens is 527 g/mol. The molecule has 2 aliphatic rings. The second-order valence-electron chi connectivity index (χ2n) is 12.2. The highest BCUT2D eigenvalue weighted by molar-refractivity contribution is 6.83. The van der Waals surface area contributed by atoms with E-state index in [2.05, 4.69) is 79.3 Å². The number of nitrogens with zero attached hydrogens (tertiary/aromatic N) is 2. The Balaban J connectivity index is 1.23. The average Bonchev–Trinajstić information content (AvgIpc) is 3.26. The van der Waals surface area contributed by atoms with Gasteiger partial charge in [0.05, 0.1) is 0 Å². The fourth-order valence-corrected chi connectivity index (χ4v) is 6.38. The van der Waals surface area contributed by atoms with Crippen molar-refractivity contribution in [2.45, 2.75) is 46.0 Å². The summed E-state index contributed by atoms with van der Waals surface area (Å²) >= 11 is 0. The smallest absolute Gasteiger partial charge is 0.448 e. The number of hydrogen-bond donors (Lipinski definition) is 2. The third-order valence-electron chi connectivity index (χ3n) is 8.20. The second kappa shape index (κ2) is 11.9. The van der Waals surface area contributed by atoms with Crippen LogP contribution in [-0.2, 0) is 11.3 Å². The monoisotopic (exact) mass is 566 g/mol. The molecule has 2 N–H and O–H groups in total. The molecule has 212 valence electrons. The number of fused-ring (bicyclic) bond motifs is 3. The summed E-state index contributed by atoms with van der Waals surface area (Å²) in [5, 5.41) is 20.1. The Hall–Kier alpha value is -3.35. The average molecular weight is 567 g/mol. The van der Waals surface area contributed by atoms with E-state index in [0.29, 0.717) is 44.8 Å². The van der Waals surface area contributed by atoms with Crippen molar-refractivity contribution in [1.82, 2.24) is 9.80 Å². The van der Waals surface area contributed by atoms with Crippen LogP contribution in [0.4, 0.5) is 4.79 Å². The van der Waals surface area contributed by atoms with E-state index in [-0.39, 0.29) is 12.0 Å². The molecule has 6 nitrogen and oxygen atoms in total. The van der Waals surface area contributed by atoms with E-state index in [1.807, 2.05) is 25.1 Å². The van der Waals surface area contributed by atoms with Crippen LogP contribution in [0.2, 0.25) is 19.6 Å². The van der Waals surface area contributed by atoms with E-state index in [1.54, 1.807) is 4.90 Å². The zero-order valence-corrected chi connectivity index (χ0v) is 25.7. The normalized spacial score (nSPS) is 15.1. The lowest BCUT2D eigenvalue weighted by atomic mass is 9.74. The maximum absolute atomic E-state index is 13.1. The molecule has 1 heterocycles. The van der Waals surface area contributed by atoms with Crippen molar-refractivity contribution in [1.29, 1.82) is 0 Å². The summed E-state index contributed by atoms with van der Waals surface area (Å²) in [7, 11) is -3.15. The zero-order valence-electron chi connectivity index (χ0n) is 24.7. The van der Waals surface area contributed by atoms with Gasteiger partial charge in [0.2, 0.25) is 0 Å². The molecule has 3 aromatic carbocycles. The third-order valence-corrected chi connectivity index (χ3v) is 9.07. The lowest BCUT2D eigenvalue weighted by Gasteiger charge is -2.34. The molecule has 0 atom stereocenters. The van der Waals surface area contributed by atoms with E-state index in [4.69, 9.17) is 4.74 Å². The van der Waals surface area contributed by atoms with Crippen LogP contribution in [0.5, 0.6) is 0 Å². The van der Waals surface area contributed by atoms with Gasteiger partial charge in [-0.1, -0.05) is 80.2 Å². The minimum atomic E-state index is -1.61. The summed E-state index contributed by atoms with van der Waals surface area (Å²) in [6.07, 6.45) is -0.271. The number of piperazine rings is 1. The van der Waals surface area contributed by atoms with Crippen molar-refractivity contribution in [3.05, 3.63) is 88.0 Å². The molecule has 1 aliphatic carbocycles. The van der Waals surface area contributed by atoms with Gasteiger partial charge >= 0.3 is 13.2 Å². The molecule has 0 radical (unpaired) electrons. The molecule has 0 spiro atoms. The second-order valence-corrected chi connectivity index (χ2v) is 16.9. The standard InChI is InChI=1S/C33H39BN2O4Si/c1-23-25(20-32(34(38)39)24(2)26(23)14-19-41(3,4)5)21-35-15-17-36(18-16-35)33(37)40-22-31-29-12-8-6-10-27(29)28-11-7-9-13-30(28)31/h6-13,20,31,38-39H,15-18,21-22H2,1-5H3. The molecule has 0 unspecified atom stereocenters. The van der Waals surface area contributed by atoms with E-state index in [1.165, 1.54) is 22.3 Å². The van der Waals surface area contributed by atoms with E-state index in [0.717, 1.165) is 22.3 Å². The van der Waals surface area contributed by atoms with Gasteiger partial charge in [0, 0.05) is 44.2 Å². The molecule has 1 aliphatic heterocycles. The topological polar surface area (TPSA) is 73.2 Å². The number of carbonyl (C=O) groups excluding carboxylic acids is 1. The molecule has 8 heteroatoms. The fraction of sp³-hybridized carbons (Fsp3) is 0.364. The Morgan fingerprint density at radius 3 is 2.10 bits per heavy atom. The van der Waals surface area contributed by atoms with Crippen molar-refractivity contribution >= 4 is 26.7 Å². The van der Waals surface area contributed by atoms with Crippen molar-refractivity contribution in [3.63, 3.8) is 0 Å².